The number of hydrogen-bond acceptors (Lipinski definition) is 14. The molecular weight excluding hydrogens is 1110 g/mol. The second kappa shape index (κ2) is 38.1. The second-order valence-electron chi connectivity index (χ2n) is 12.6. The zero-order chi connectivity index (χ0) is 44.8. The first-order chi connectivity index (χ1) is 27.0. The van der Waals surface area contributed by atoms with Crippen molar-refractivity contribution in [3.05, 3.63) is 104 Å². The average molecular weight is 1160 g/mol. The Morgan fingerprint density at radius 3 is 1.02 bits per heavy atom. The molecule has 0 atom stereocenters. The molecule has 14 nitrogen and oxygen atoms in total. The van der Waals surface area contributed by atoms with E-state index in [1.165, 1.54) is 55.4 Å². The van der Waals surface area contributed by atoms with Gasteiger partial charge in [0.1, 0.15) is 0 Å². The van der Waals surface area contributed by atoms with Crippen LogP contribution in [0.4, 0.5) is 0 Å². The summed E-state index contributed by atoms with van der Waals surface area (Å²) in [6.07, 6.45) is 8.93. The summed E-state index contributed by atoms with van der Waals surface area (Å²) in [5.41, 5.74) is 2.22. The first-order valence-electron chi connectivity index (χ1n) is 17.9. The number of benzene rings is 2. The fourth-order valence-electron chi connectivity index (χ4n) is 4.31. The quantitative estimate of drug-likeness (QED) is 0.330. The first kappa shape index (κ1) is 64.0. The van der Waals surface area contributed by atoms with Crippen molar-refractivity contribution < 1.29 is 130 Å². The molecule has 18 heteroatoms. The molecule has 1 aliphatic rings. The van der Waals surface area contributed by atoms with Crippen molar-refractivity contribution >= 4 is 58.8 Å². The third kappa shape index (κ3) is 38.3. The van der Waals surface area contributed by atoms with Crippen LogP contribution in [0.2, 0.25) is 10.0 Å². The third-order valence-corrected chi connectivity index (χ3v) is 6.75. The molecule has 60 heavy (non-hydrogen) atoms. The van der Waals surface area contributed by atoms with E-state index in [4.69, 9.17) is 23.2 Å². The standard InChI is InChI=1S/C22H26Cl2N4O2.4C5H8O2.2Gd/c23-19-7-15-11-25-3-1-4-26-12-16-8-20(24)10-18(22(16)30)14-28-6-2-5-27-13-17(9-19)21(15)29;4*1-4(6)3-5(2)7;;/h7-11,14,26-27,29-30H,1-6,12-13H2;4*3,6H,1-2H3;;/q;;;;;2*+3/p-6/b;4*4-3-;;. The topological polar surface area (TPSA) is 255 Å². The van der Waals surface area contributed by atoms with Gasteiger partial charge >= 0.3 is 79.9 Å². The van der Waals surface area contributed by atoms with Gasteiger partial charge in [0, 0.05) is 48.7 Å². The van der Waals surface area contributed by atoms with Gasteiger partial charge in [-0.15, -0.1) is 23.0 Å². The Bertz CT molecular complexity index is 1640. The van der Waals surface area contributed by atoms with E-state index in [2.05, 4.69) is 20.6 Å². The van der Waals surface area contributed by atoms with Crippen molar-refractivity contribution in [2.45, 2.75) is 81.3 Å². The van der Waals surface area contributed by atoms with Crippen LogP contribution >= 0.6 is 23.2 Å². The van der Waals surface area contributed by atoms with Gasteiger partial charge in [0.25, 0.3) is 0 Å². The molecule has 2 aromatic carbocycles. The number of nitrogens with zero attached hydrogens (tertiary/aromatic N) is 2. The van der Waals surface area contributed by atoms with E-state index >= 15 is 0 Å². The van der Waals surface area contributed by atoms with Crippen molar-refractivity contribution in [1.82, 2.24) is 10.6 Å². The number of rotatable bonds is 4. The van der Waals surface area contributed by atoms with Gasteiger partial charge in [-0.2, -0.15) is 0 Å². The molecule has 0 aliphatic carbocycles. The fourth-order valence-corrected chi connectivity index (χ4v) is 4.81. The van der Waals surface area contributed by atoms with E-state index in [-0.39, 0.29) is 138 Å². The SMILES string of the molecule is CC(=O)/C=C(/C)[O-].CC(=O)/C=C(/C)[O-].CC(=O)/C=C(/C)[O-].CC(=O)/C=C(/C)[O-].[Gd+3].[Gd+3].[O-]c1c2cc(Cl)cc1CNCCCN=Cc1cc(Cl)cc(c1[O-])CNCCCN=C2. The number of hydrogen-bond donors (Lipinski definition) is 2. The second-order valence-corrected chi connectivity index (χ2v) is 13.4. The Labute approximate surface area is 427 Å². The molecule has 0 saturated carbocycles. The third-order valence-electron chi connectivity index (χ3n) is 6.32. The zero-order valence-electron chi connectivity index (χ0n) is 34.9. The number of carbonyl (C=O) groups excluding carboxylic acids is 4. The molecule has 2 aromatic rings. The van der Waals surface area contributed by atoms with Crippen molar-refractivity contribution in [1.29, 1.82) is 0 Å². The molecule has 0 saturated heterocycles. The van der Waals surface area contributed by atoms with Gasteiger partial charge in [-0.05, 0) is 124 Å². The number of nitrogens with one attached hydrogen (secondary N) is 2. The number of ketones is 4. The van der Waals surface area contributed by atoms with Crippen LogP contribution < -0.4 is 41.3 Å². The monoisotopic (exact) mass is 1160 g/mol. The van der Waals surface area contributed by atoms with Crippen LogP contribution in [0.5, 0.6) is 11.5 Å². The molecule has 0 amide bonds. The molecule has 1 aliphatic heterocycles. The summed E-state index contributed by atoms with van der Waals surface area (Å²) in [6, 6.07) is 6.66. The summed E-state index contributed by atoms with van der Waals surface area (Å²) in [4.78, 5) is 48.6. The van der Waals surface area contributed by atoms with Crippen LogP contribution in [0.1, 0.15) is 90.5 Å². The summed E-state index contributed by atoms with van der Waals surface area (Å²) < 4.78 is 0. The van der Waals surface area contributed by atoms with Gasteiger partial charge in [-0.1, -0.05) is 62.4 Å². The number of carbonyl (C=O) groups is 4. The van der Waals surface area contributed by atoms with Crippen LogP contribution in [0.15, 0.2) is 81.6 Å². The molecule has 0 aromatic heterocycles. The van der Waals surface area contributed by atoms with E-state index < -0.39 is 0 Å². The number of allylic oxidation sites excluding steroid dienone is 8. The van der Waals surface area contributed by atoms with Crippen LogP contribution in [-0.2, 0) is 32.3 Å². The van der Waals surface area contributed by atoms with Gasteiger partial charge in [-0.3, -0.25) is 29.2 Å². The Balaban J connectivity index is -0.000000425. The zero-order valence-corrected chi connectivity index (χ0v) is 40.9. The minimum absolute atomic E-state index is 0. The fraction of sp³-hybridized carbons (Fsp3) is 0.381. The number of aliphatic imine (C=N–C) groups is 2. The predicted octanol–water partition coefficient (Wildman–Crippen LogP) is 2.01. The predicted molar refractivity (Wildman–Crippen MR) is 217 cm³/mol. The normalized spacial score (nSPS) is 13.5. The maximum Gasteiger partial charge on any atom is 3.00 e. The minimum Gasteiger partial charge on any atom is -0.876 e. The van der Waals surface area contributed by atoms with Crippen molar-refractivity contribution in [3.63, 3.8) is 0 Å². The van der Waals surface area contributed by atoms with Crippen LogP contribution in [0.3, 0.4) is 0 Å². The average Bonchev–Trinajstić information content (AvgIpc) is 3.05. The maximum absolute atomic E-state index is 12.6. The van der Waals surface area contributed by atoms with Crippen molar-refractivity contribution in [2.75, 3.05) is 26.2 Å². The molecule has 0 unspecified atom stereocenters. The molecule has 2 N–H and O–H groups in total. The van der Waals surface area contributed by atoms with Gasteiger partial charge in [0.2, 0.25) is 0 Å². The van der Waals surface area contributed by atoms with Gasteiger partial charge in [0.05, 0.1) is 0 Å². The number of fused-ring (bicyclic) bond motifs is 4. The smallest absolute Gasteiger partial charge is 0.876 e. The van der Waals surface area contributed by atoms with Crippen molar-refractivity contribution in [2.24, 2.45) is 9.98 Å². The molecule has 0 spiro atoms. The van der Waals surface area contributed by atoms with Crippen LogP contribution in [0, 0.1) is 79.9 Å². The van der Waals surface area contributed by atoms with Gasteiger partial charge < -0.3 is 41.3 Å². The van der Waals surface area contributed by atoms with E-state index in [0.29, 0.717) is 71.6 Å². The molecule has 2 radical (unpaired) electrons. The molecule has 3 rings (SSSR count). The summed E-state index contributed by atoms with van der Waals surface area (Å²) in [5, 5.41) is 72.6. The van der Waals surface area contributed by atoms with E-state index in [1.54, 1.807) is 36.7 Å². The Kier molecular flexibility index (Phi) is 40.6. The number of halogens is 2. The van der Waals surface area contributed by atoms with E-state index in [9.17, 15) is 49.8 Å². The molecular formula is C42H52Cl2Gd2N4O10. The summed E-state index contributed by atoms with van der Waals surface area (Å²) in [7, 11) is 0. The Hall–Kier alpha value is -2.63. The molecule has 0 fully saturated rings. The molecule has 330 valence electrons. The Morgan fingerprint density at radius 1 is 0.533 bits per heavy atom. The first-order valence-corrected chi connectivity index (χ1v) is 18.6. The molecule has 4 bridgehead atoms. The van der Waals surface area contributed by atoms with Gasteiger partial charge in [-0.25, -0.2) is 0 Å². The summed E-state index contributed by atoms with van der Waals surface area (Å²) in [6.45, 7) is 14.1. The van der Waals surface area contributed by atoms with Crippen LogP contribution in [-0.4, -0.2) is 61.7 Å². The van der Waals surface area contributed by atoms with E-state index in [0.717, 1.165) is 37.1 Å². The molecule has 1 heterocycles. The summed E-state index contributed by atoms with van der Waals surface area (Å²) >= 11 is 12.3. The largest absolute Gasteiger partial charge is 3.00 e. The van der Waals surface area contributed by atoms with Crippen LogP contribution in [0.25, 0.3) is 0 Å². The summed E-state index contributed by atoms with van der Waals surface area (Å²) in [5.74, 6) is -1.61. The van der Waals surface area contributed by atoms with E-state index in [1.807, 2.05) is 0 Å². The Morgan fingerprint density at radius 2 is 0.800 bits per heavy atom. The van der Waals surface area contributed by atoms with Crippen molar-refractivity contribution in [3.8, 4) is 11.5 Å². The minimum atomic E-state index is -0.187. The van der Waals surface area contributed by atoms with Gasteiger partial charge in [0.15, 0.2) is 23.1 Å². The maximum atomic E-state index is 12.6.